The van der Waals surface area contributed by atoms with Gasteiger partial charge >= 0.3 is 0 Å². The van der Waals surface area contributed by atoms with Crippen LogP contribution in [0, 0.1) is 12.3 Å². The highest BCUT2D eigenvalue weighted by Crippen LogP contribution is 2.36. The molecule has 0 fully saturated rings. The Morgan fingerprint density at radius 3 is 2.57 bits per heavy atom. The van der Waals surface area contributed by atoms with Crippen LogP contribution in [0.25, 0.3) is 0 Å². The topological polar surface area (TPSA) is 70.3 Å². The number of nitrogens with zero attached hydrogens (tertiary/aromatic N) is 2. The Morgan fingerprint density at radius 2 is 2.00 bits per heavy atom. The van der Waals surface area contributed by atoms with E-state index >= 15 is 0 Å². The van der Waals surface area contributed by atoms with Crippen LogP contribution in [0.15, 0.2) is 24.7 Å². The van der Waals surface area contributed by atoms with Crippen LogP contribution in [-0.2, 0) is 0 Å². The number of aromatic nitrogens is 2. The van der Waals surface area contributed by atoms with Gasteiger partial charge < -0.3 is 15.2 Å². The quantitative estimate of drug-likeness (QED) is 0.873. The van der Waals surface area contributed by atoms with Gasteiger partial charge in [0.25, 0.3) is 0 Å². The smallest absolute Gasteiger partial charge is 0.187 e. The first-order valence-electron chi connectivity index (χ1n) is 6.48. The summed E-state index contributed by atoms with van der Waals surface area (Å²) in [7, 11) is 1.59. The molecule has 5 heteroatoms. The van der Waals surface area contributed by atoms with E-state index in [0.717, 1.165) is 5.56 Å². The second-order valence-corrected chi connectivity index (χ2v) is 4.76. The number of ether oxygens (including phenoxy) is 2. The van der Waals surface area contributed by atoms with Crippen molar-refractivity contribution in [3.05, 3.63) is 35.8 Å². The van der Waals surface area contributed by atoms with Gasteiger partial charge in [-0.05, 0) is 12.0 Å². The summed E-state index contributed by atoms with van der Waals surface area (Å²) in [5.74, 6) is 4.76. The van der Waals surface area contributed by atoms with Gasteiger partial charge in [-0.15, -0.1) is 6.42 Å². The molecule has 2 aromatic rings. The van der Waals surface area contributed by atoms with Crippen LogP contribution in [0.2, 0.25) is 0 Å². The number of nitrogen functional groups attached to an aromatic ring is 1. The third-order valence-electron chi connectivity index (χ3n) is 3.04. The molecular formula is C16H17N3O2. The number of methoxy groups -OCH3 is 1. The first kappa shape index (κ1) is 14.7. The minimum absolute atomic E-state index is 0.228. The SMILES string of the molecule is C#Cc1cc(Oc2cncnc2N)c(C(C)C)cc1OC. The van der Waals surface area contributed by atoms with Crippen molar-refractivity contribution in [1.82, 2.24) is 9.97 Å². The maximum atomic E-state index is 5.84. The molecule has 2 rings (SSSR count). The number of benzene rings is 1. The third kappa shape index (κ3) is 3.06. The molecule has 0 aliphatic carbocycles. The second-order valence-electron chi connectivity index (χ2n) is 4.76. The first-order chi connectivity index (χ1) is 10.1. The van der Waals surface area contributed by atoms with Gasteiger partial charge in [0.2, 0.25) is 0 Å². The Labute approximate surface area is 124 Å². The average Bonchev–Trinajstić information content (AvgIpc) is 2.48. The minimum atomic E-state index is 0.228. The summed E-state index contributed by atoms with van der Waals surface area (Å²) in [6, 6.07) is 3.65. The molecule has 0 radical (unpaired) electrons. The van der Waals surface area contributed by atoms with Crippen LogP contribution in [0.1, 0.15) is 30.9 Å². The van der Waals surface area contributed by atoms with E-state index < -0.39 is 0 Å². The summed E-state index contributed by atoms with van der Waals surface area (Å²) >= 11 is 0. The Morgan fingerprint density at radius 1 is 1.24 bits per heavy atom. The molecule has 5 nitrogen and oxygen atoms in total. The Hall–Kier alpha value is -2.74. The zero-order valence-electron chi connectivity index (χ0n) is 12.3. The molecule has 0 saturated carbocycles. The van der Waals surface area contributed by atoms with Crippen LogP contribution >= 0.6 is 0 Å². The molecule has 1 aromatic heterocycles. The van der Waals surface area contributed by atoms with Crippen molar-refractivity contribution in [2.24, 2.45) is 0 Å². The third-order valence-corrected chi connectivity index (χ3v) is 3.04. The van der Waals surface area contributed by atoms with Crippen molar-refractivity contribution >= 4 is 5.82 Å². The second kappa shape index (κ2) is 6.14. The molecule has 1 aromatic carbocycles. The highest BCUT2D eigenvalue weighted by atomic mass is 16.5. The number of terminal acetylenes is 1. The number of rotatable bonds is 4. The maximum Gasteiger partial charge on any atom is 0.187 e. The number of hydrogen-bond donors (Lipinski definition) is 1. The molecule has 0 aliphatic rings. The number of hydrogen-bond acceptors (Lipinski definition) is 5. The molecule has 2 N–H and O–H groups in total. The van der Waals surface area contributed by atoms with Crippen LogP contribution in [0.5, 0.6) is 17.2 Å². The Kier molecular flexibility index (Phi) is 4.29. The van der Waals surface area contributed by atoms with Crippen molar-refractivity contribution in [2.45, 2.75) is 19.8 Å². The first-order valence-corrected chi connectivity index (χ1v) is 6.48. The Bertz CT molecular complexity index is 690. The fourth-order valence-electron chi connectivity index (χ4n) is 1.92. The van der Waals surface area contributed by atoms with Gasteiger partial charge in [0.1, 0.15) is 17.8 Å². The summed E-state index contributed by atoms with van der Waals surface area (Å²) in [4.78, 5) is 7.81. The maximum absolute atomic E-state index is 5.84. The van der Waals surface area contributed by atoms with Crippen molar-refractivity contribution in [2.75, 3.05) is 12.8 Å². The van der Waals surface area contributed by atoms with Crippen LogP contribution in [0.3, 0.4) is 0 Å². The molecule has 108 valence electrons. The molecule has 0 amide bonds. The van der Waals surface area contributed by atoms with Crippen LogP contribution in [-0.4, -0.2) is 17.1 Å². The lowest BCUT2D eigenvalue weighted by Crippen LogP contribution is -2.01. The van der Waals surface area contributed by atoms with E-state index in [1.807, 2.05) is 6.07 Å². The van der Waals surface area contributed by atoms with E-state index in [-0.39, 0.29) is 11.7 Å². The molecule has 0 saturated heterocycles. The molecule has 0 spiro atoms. The number of nitrogens with two attached hydrogens (primary N) is 1. The largest absolute Gasteiger partial charge is 0.495 e. The molecule has 21 heavy (non-hydrogen) atoms. The minimum Gasteiger partial charge on any atom is -0.495 e. The predicted octanol–water partition coefficient (Wildman–Crippen LogP) is 2.96. The van der Waals surface area contributed by atoms with E-state index in [9.17, 15) is 0 Å². The van der Waals surface area contributed by atoms with Gasteiger partial charge in [-0.2, -0.15) is 0 Å². The summed E-state index contributed by atoms with van der Waals surface area (Å²) < 4.78 is 11.2. The fraction of sp³-hybridized carbons (Fsp3) is 0.250. The van der Waals surface area contributed by atoms with Gasteiger partial charge in [-0.3, -0.25) is 0 Å². The van der Waals surface area contributed by atoms with Gasteiger partial charge in [0, 0.05) is 11.6 Å². The van der Waals surface area contributed by atoms with E-state index in [0.29, 0.717) is 22.8 Å². The molecule has 0 atom stereocenters. The predicted molar refractivity (Wildman–Crippen MR) is 81.5 cm³/mol. The molecule has 0 aliphatic heterocycles. The lowest BCUT2D eigenvalue weighted by atomic mass is 9.99. The van der Waals surface area contributed by atoms with Gasteiger partial charge in [-0.1, -0.05) is 19.8 Å². The van der Waals surface area contributed by atoms with E-state index in [1.54, 1.807) is 13.2 Å². The summed E-state index contributed by atoms with van der Waals surface area (Å²) in [6.07, 6.45) is 8.40. The summed E-state index contributed by atoms with van der Waals surface area (Å²) in [5, 5.41) is 0. The lowest BCUT2D eigenvalue weighted by Gasteiger charge is -2.16. The zero-order chi connectivity index (χ0) is 15.4. The van der Waals surface area contributed by atoms with Crippen molar-refractivity contribution < 1.29 is 9.47 Å². The molecular weight excluding hydrogens is 266 g/mol. The monoisotopic (exact) mass is 283 g/mol. The van der Waals surface area contributed by atoms with Gasteiger partial charge in [0.15, 0.2) is 11.6 Å². The van der Waals surface area contributed by atoms with E-state index in [4.69, 9.17) is 21.6 Å². The van der Waals surface area contributed by atoms with E-state index in [1.165, 1.54) is 12.5 Å². The zero-order valence-corrected chi connectivity index (χ0v) is 12.3. The summed E-state index contributed by atoms with van der Waals surface area (Å²) in [5.41, 5.74) is 7.36. The highest BCUT2D eigenvalue weighted by molar-refractivity contribution is 5.56. The van der Waals surface area contributed by atoms with Gasteiger partial charge in [0.05, 0.1) is 18.9 Å². The van der Waals surface area contributed by atoms with Crippen molar-refractivity contribution in [1.29, 1.82) is 0 Å². The van der Waals surface area contributed by atoms with Gasteiger partial charge in [-0.25, -0.2) is 9.97 Å². The Balaban J connectivity index is 2.52. The summed E-state index contributed by atoms with van der Waals surface area (Å²) in [6.45, 7) is 4.12. The molecule has 1 heterocycles. The fourth-order valence-corrected chi connectivity index (χ4v) is 1.92. The highest BCUT2D eigenvalue weighted by Gasteiger charge is 2.15. The van der Waals surface area contributed by atoms with Crippen molar-refractivity contribution in [3.63, 3.8) is 0 Å². The van der Waals surface area contributed by atoms with Crippen LogP contribution < -0.4 is 15.2 Å². The normalized spacial score (nSPS) is 10.2. The van der Waals surface area contributed by atoms with Crippen LogP contribution in [0.4, 0.5) is 5.82 Å². The number of anilines is 1. The van der Waals surface area contributed by atoms with Crippen molar-refractivity contribution in [3.8, 4) is 29.6 Å². The van der Waals surface area contributed by atoms with E-state index in [2.05, 4.69) is 29.7 Å². The standard InChI is InChI=1S/C16H17N3O2/c1-5-11-6-14(12(10(2)3)7-13(11)20-4)21-15-8-18-9-19-16(15)17/h1,6-10H,2-4H3,(H2,17,18,19). The average molecular weight is 283 g/mol. The lowest BCUT2D eigenvalue weighted by molar-refractivity contribution is 0.409. The molecule has 0 unspecified atom stereocenters. The molecule has 0 bridgehead atoms.